The van der Waals surface area contributed by atoms with Crippen LogP contribution in [0, 0.1) is 5.92 Å². The number of anilines is 1. The van der Waals surface area contributed by atoms with Gasteiger partial charge in [-0.15, -0.1) is 4.68 Å². The number of hydrogen-bond donors (Lipinski definition) is 1. The smallest absolute Gasteiger partial charge is 0.436 e. The molecule has 26 heavy (non-hydrogen) atoms. The highest BCUT2D eigenvalue weighted by atomic mass is 35.5. The third-order valence-corrected chi connectivity index (χ3v) is 5.38. The van der Waals surface area contributed by atoms with E-state index < -0.39 is 17.0 Å². The number of hydrogen-bond acceptors (Lipinski definition) is 5. The van der Waals surface area contributed by atoms with E-state index in [1.165, 1.54) is 4.90 Å². The Balaban J connectivity index is 1.99. The average molecular weight is 383 g/mol. The van der Waals surface area contributed by atoms with E-state index in [1.807, 2.05) is 0 Å². The lowest BCUT2D eigenvalue weighted by atomic mass is 10.0. The van der Waals surface area contributed by atoms with Crippen LogP contribution in [0.2, 0.25) is 0 Å². The molecule has 8 nitrogen and oxygen atoms in total. The van der Waals surface area contributed by atoms with Gasteiger partial charge in [0.15, 0.2) is 0 Å². The Morgan fingerprint density at radius 3 is 2.54 bits per heavy atom. The summed E-state index contributed by atoms with van der Waals surface area (Å²) >= 11 is 5.70. The summed E-state index contributed by atoms with van der Waals surface area (Å²) in [7, 11) is 0. The molecule has 142 valence electrons. The molecule has 1 aromatic heterocycles. The molecule has 0 unspecified atom stereocenters. The summed E-state index contributed by atoms with van der Waals surface area (Å²) in [4.78, 5) is 38.2. The van der Waals surface area contributed by atoms with Gasteiger partial charge in [0.1, 0.15) is 5.82 Å². The highest BCUT2D eigenvalue weighted by molar-refractivity contribution is 6.62. The second-order valence-electron chi connectivity index (χ2n) is 7.16. The average Bonchev–Trinajstić information content (AvgIpc) is 3.25. The molecule has 0 aromatic carbocycles. The molecule has 0 spiro atoms. The Morgan fingerprint density at radius 2 is 1.96 bits per heavy atom. The first-order valence-electron chi connectivity index (χ1n) is 8.84. The molecule has 1 fully saturated rings. The molecule has 0 bridgehead atoms. The van der Waals surface area contributed by atoms with Crippen LogP contribution in [-0.4, -0.2) is 38.7 Å². The maximum atomic E-state index is 12.6. The molecule has 2 heterocycles. The minimum atomic E-state index is -0.793. The van der Waals surface area contributed by atoms with Crippen LogP contribution < -0.4 is 5.32 Å². The van der Waals surface area contributed by atoms with Crippen LogP contribution in [-0.2, 0) is 21.6 Å². The van der Waals surface area contributed by atoms with Gasteiger partial charge in [-0.1, -0.05) is 12.8 Å². The SMILES string of the molecule is CCOC(=O)n1nc2c(c1NC(=O)C1CCCC1)CN(C(=O)Cl)C2(C)C. The minimum absolute atomic E-state index is 0.0728. The first kappa shape index (κ1) is 18.7. The minimum Gasteiger partial charge on any atom is -0.448 e. The van der Waals surface area contributed by atoms with Crippen molar-refractivity contribution in [2.24, 2.45) is 5.92 Å². The zero-order valence-electron chi connectivity index (χ0n) is 15.2. The fourth-order valence-electron chi connectivity index (χ4n) is 3.71. The quantitative estimate of drug-likeness (QED) is 0.638. The Hall–Kier alpha value is -2.09. The van der Waals surface area contributed by atoms with Gasteiger partial charge in [0.25, 0.3) is 0 Å². The topological polar surface area (TPSA) is 93.5 Å². The summed E-state index contributed by atoms with van der Waals surface area (Å²) in [6.45, 7) is 5.65. The van der Waals surface area contributed by atoms with Gasteiger partial charge in [0.2, 0.25) is 5.91 Å². The fraction of sp³-hybridized carbons (Fsp3) is 0.647. The van der Waals surface area contributed by atoms with Gasteiger partial charge in [0, 0.05) is 11.5 Å². The number of nitrogens with one attached hydrogen (secondary N) is 1. The van der Waals surface area contributed by atoms with Crippen molar-refractivity contribution < 1.29 is 19.1 Å². The largest absolute Gasteiger partial charge is 0.448 e. The van der Waals surface area contributed by atoms with Gasteiger partial charge in [0.05, 0.1) is 24.4 Å². The van der Waals surface area contributed by atoms with Crippen LogP contribution in [0.3, 0.4) is 0 Å². The molecule has 1 N–H and O–H groups in total. The predicted octanol–water partition coefficient (Wildman–Crippen LogP) is 3.43. The fourth-order valence-corrected chi connectivity index (χ4v) is 3.98. The maximum Gasteiger partial charge on any atom is 0.436 e. The number of carbonyl (C=O) groups excluding carboxylic acids is 3. The van der Waals surface area contributed by atoms with Crippen molar-refractivity contribution in [1.82, 2.24) is 14.7 Å². The lowest BCUT2D eigenvalue weighted by molar-refractivity contribution is -0.119. The van der Waals surface area contributed by atoms with Gasteiger partial charge >= 0.3 is 11.5 Å². The lowest BCUT2D eigenvalue weighted by Crippen LogP contribution is -2.38. The van der Waals surface area contributed by atoms with E-state index >= 15 is 0 Å². The number of fused-ring (bicyclic) bond motifs is 1. The number of nitrogens with zero attached hydrogens (tertiary/aromatic N) is 3. The third-order valence-electron chi connectivity index (χ3n) is 5.17. The summed E-state index contributed by atoms with van der Waals surface area (Å²) in [5, 5.41) is 6.59. The van der Waals surface area contributed by atoms with E-state index in [-0.39, 0.29) is 30.8 Å². The van der Waals surface area contributed by atoms with Gasteiger partial charge < -0.3 is 15.0 Å². The molecule has 1 saturated carbocycles. The normalized spacial score (nSPS) is 18.7. The zero-order chi connectivity index (χ0) is 19.1. The van der Waals surface area contributed by atoms with Crippen LogP contribution in [0.5, 0.6) is 0 Å². The predicted molar refractivity (Wildman–Crippen MR) is 95.1 cm³/mol. The van der Waals surface area contributed by atoms with Gasteiger partial charge in [-0.2, -0.15) is 5.10 Å². The summed E-state index contributed by atoms with van der Waals surface area (Å²) in [6, 6.07) is 0. The van der Waals surface area contributed by atoms with E-state index in [2.05, 4.69) is 10.4 Å². The van der Waals surface area contributed by atoms with Crippen LogP contribution in [0.1, 0.15) is 57.7 Å². The van der Waals surface area contributed by atoms with Gasteiger partial charge in [-0.05, 0) is 45.2 Å². The van der Waals surface area contributed by atoms with Crippen molar-refractivity contribution in [2.75, 3.05) is 11.9 Å². The second-order valence-corrected chi connectivity index (χ2v) is 7.48. The molecule has 2 amide bonds. The Bertz CT molecular complexity index is 752. The molecular formula is C17H23ClN4O4. The van der Waals surface area contributed by atoms with E-state index in [0.29, 0.717) is 11.3 Å². The summed E-state index contributed by atoms with van der Waals surface area (Å²) in [6.07, 6.45) is 3.05. The van der Waals surface area contributed by atoms with Crippen LogP contribution in [0.15, 0.2) is 0 Å². The van der Waals surface area contributed by atoms with E-state index in [4.69, 9.17) is 16.3 Å². The number of aromatic nitrogens is 2. The lowest BCUT2D eigenvalue weighted by Gasteiger charge is -2.29. The molecule has 9 heteroatoms. The number of amides is 2. The van der Waals surface area contributed by atoms with Crippen LogP contribution in [0.4, 0.5) is 15.4 Å². The van der Waals surface area contributed by atoms with Crippen LogP contribution >= 0.6 is 11.6 Å². The molecule has 0 atom stereocenters. The number of halogens is 1. The van der Waals surface area contributed by atoms with Crippen molar-refractivity contribution in [3.63, 3.8) is 0 Å². The van der Waals surface area contributed by atoms with E-state index in [1.54, 1.807) is 20.8 Å². The highest BCUT2D eigenvalue weighted by Crippen LogP contribution is 2.42. The molecule has 1 aliphatic carbocycles. The van der Waals surface area contributed by atoms with E-state index in [9.17, 15) is 14.4 Å². The number of carbonyl (C=O) groups is 3. The summed E-state index contributed by atoms with van der Waals surface area (Å²) in [5.74, 6) is 0.0596. The van der Waals surface area contributed by atoms with Gasteiger partial charge in [-0.3, -0.25) is 9.59 Å². The highest BCUT2D eigenvalue weighted by Gasteiger charge is 2.45. The second kappa shape index (κ2) is 6.90. The number of ether oxygens (including phenoxy) is 1. The molecule has 1 aromatic rings. The molecule has 0 radical (unpaired) electrons. The Morgan fingerprint density at radius 1 is 1.31 bits per heavy atom. The Labute approximate surface area is 156 Å². The van der Waals surface area contributed by atoms with Crippen LogP contribution in [0.25, 0.3) is 0 Å². The monoisotopic (exact) mass is 382 g/mol. The van der Waals surface area contributed by atoms with Crippen molar-refractivity contribution >= 4 is 34.8 Å². The number of rotatable bonds is 3. The van der Waals surface area contributed by atoms with Crippen molar-refractivity contribution in [1.29, 1.82) is 0 Å². The molecule has 0 saturated heterocycles. The van der Waals surface area contributed by atoms with E-state index in [0.717, 1.165) is 30.4 Å². The van der Waals surface area contributed by atoms with Crippen molar-refractivity contribution in [3.05, 3.63) is 11.3 Å². The first-order chi connectivity index (χ1) is 12.3. The molecule has 3 rings (SSSR count). The third kappa shape index (κ3) is 3.06. The van der Waals surface area contributed by atoms with Crippen molar-refractivity contribution in [3.8, 4) is 0 Å². The molecular weight excluding hydrogens is 360 g/mol. The van der Waals surface area contributed by atoms with Crippen molar-refractivity contribution in [2.45, 2.75) is 58.5 Å². The Kier molecular flexibility index (Phi) is 4.96. The maximum absolute atomic E-state index is 12.6. The molecule has 2 aliphatic rings. The standard InChI is InChI=1S/C17H23ClN4O4/c1-4-26-16(25)22-13(19-14(23)10-7-5-6-8-10)11-9-21(15(18)24)17(2,3)12(11)20-22/h10H,4-9H2,1-3H3,(H,19,23). The zero-order valence-corrected chi connectivity index (χ0v) is 15.9. The summed E-state index contributed by atoms with van der Waals surface area (Å²) in [5.41, 5.74) is 0.350. The summed E-state index contributed by atoms with van der Waals surface area (Å²) < 4.78 is 6.14. The molecule has 1 aliphatic heterocycles. The van der Waals surface area contributed by atoms with Gasteiger partial charge in [-0.25, -0.2) is 4.79 Å². The first-order valence-corrected chi connectivity index (χ1v) is 9.22.